The van der Waals surface area contributed by atoms with Crippen LogP contribution in [0.3, 0.4) is 0 Å². The first-order valence-electron chi connectivity index (χ1n) is 5.25. The zero-order valence-corrected chi connectivity index (χ0v) is 11.5. The summed E-state index contributed by atoms with van der Waals surface area (Å²) in [5, 5.41) is 0. The molecule has 5 heteroatoms. The third kappa shape index (κ3) is 4.09. The second-order valence-electron chi connectivity index (χ2n) is 3.70. The van der Waals surface area contributed by atoms with Crippen molar-refractivity contribution in [3.05, 3.63) is 34.1 Å². The van der Waals surface area contributed by atoms with Crippen molar-refractivity contribution in [1.29, 1.82) is 0 Å². The summed E-state index contributed by atoms with van der Waals surface area (Å²) in [4.78, 5) is 13.5. The Bertz CT molecular complexity index is 398. The van der Waals surface area contributed by atoms with Crippen LogP contribution in [0.2, 0.25) is 0 Å². The molecule has 0 aliphatic carbocycles. The highest BCUT2D eigenvalue weighted by atomic mass is 79.9. The lowest BCUT2D eigenvalue weighted by molar-refractivity contribution is 0.0779. The fraction of sp³-hybridized carbons (Fsp3) is 0.417. The van der Waals surface area contributed by atoms with E-state index in [1.165, 1.54) is 12.1 Å². The van der Waals surface area contributed by atoms with Crippen LogP contribution in [0, 0.1) is 5.82 Å². The van der Waals surface area contributed by atoms with Gasteiger partial charge in [0.05, 0.1) is 4.47 Å². The summed E-state index contributed by atoms with van der Waals surface area (Å²) in [5.41, 5.74) is 0.352. The third-order valence-corrected chi connectivity index (χ3v) is 3.00. The molecule has 1 aromatic rings. The molecule has 0 unspecified atom stereocenters. The fourth-order valence-corrected chi connectivity index (χ4v) is 1.64. The lowest BCUT2D eigenvalue weighted by Gasteiger charge is -2.17. The maximum Gasteiger partial charge on any atom is 0.253 e. The summed E-state index contributed by atoms with van der Waals surface area (Å²) in [6.07, 6.45) is 0.762. The molecule has 3 nitrogen and oxygen atoms in total. The van der Waals surface area contributed by atoms with Crippen LogP contribution in [0.1, 0.15) is 16.8 Å². The van der Waals surface area contributed by atoms with Crippen molar-refractivity contribution < 1.29 is 13.9 Å². The van der Waals surface area contributed by atoms with Crippen molar-refractivity contribution >= 4 is 21.8 Å². The van der Waals surface area contributed by atoms with Gasteiger partial charge in [0, 0.05) is 32.9 Å². The number of ether oxygens (including phenoxy) is 1. The standard InChI is InChI=1S/C12H15BrFNO2/c1-15(6-3-7-17-2)12(16)9-4-5-10(13)11(14)8-9/h4-5,8H,3,6-7H2,1-2H3. The van der Waals surface area contributed by atoms with E-state index in [0.29, 0.717) is 23.2 Å². The monoisotopic (exact) mass is 303 g/mol. The smallest absolute Gasteiger partial charge is 0.253 e. The first-order chi connectivity index (χ1) is 8.06. The molecule has 1 amide bonds. The number of halogens is 2. The molecule has 0 aromatic heterocycles. The van der Waals surface area contributed by atoms with E-state index >= 15 is 0 Å². The van der Waals surface area contributed by atoms with E-state index in [4.69, 9.17) is 4.74 Å². The van der Waals surface area contributed by atoms with Crippen LogP contribution in [0.15, 0.2) is 22.7 Å². The molecule has 94 valence electrons. The highest BCUT2D eigenvalue weighted by Crippen LogP contribution is 2.17. The zero-order valence-electron chi connectivity index (χ0n) is 9.87. The molecule has 1 rings (SSSR count). The number of hydrogen-bond donors (Lipinski definition) is 0. The molecule has 0 radical (unpaired) electrons. The van der Waals surface area contributed by atoms with Gasteiger partial charge in [-0.25, -0.2) is 4.39 Å². The highest BCUT2D eigenvalue weighted by molar-refractivity contribution is 9.10. The summed E-state index contributed by atoms with van der Waals surface area (Å²) < 4.78 is 18.5. The van der Waals surface area contributed by atoms with Gasteiger partial charge in [0.15, 0.2) is 0 Å². The Labute approximate surface area is 109 Å². The van der Waals surface area contributed by atoms with E-state index < -0.39 is 5.82 Å². The first-order valence-corrected chi connectivity index (χ1v) is 6.05. The van der Waals surface area contributed by atoms with Crippen molar-refractivity contribution in [3.63, 3.8) is 0 Å². The molecule has 1 aromatic carbocycles. The molecule has 0 saturated heterocycles. The Morgan fingerprint density at radius 3 is 2.82 bits per heavy atom. The maximum atomic E-state index is 13.3. The molecular weight excluding hydrogens is 289 g/mol. The molecule has 0 aliphatic heterocycles. The Morgan fingerprint density at radius 1 is 1.53 bits per heavy atom. The van der Waals surface area contributed by atoms with Crippen LogP contribution in [-0.2, 0) is 4.74 Å². The average Bonchev–Trinajstić information content (AvgIpc) is 2.32. The third-order valence-electron chi connectivity index (χ3n) is 2.36. The SMILES string of the molecule is COCCCN(C)C(=O)c1ccc(Br)c(F)c1. The number of rotatable bonds is 5. The number of amides is 1. The summed E-state index contributed by atoms with van der Waals surface area (Å²) in [6.45, 7) is 1.19. The average molecular weight is 304 g/mol. The number of hydrogen-bond acceptors (Lipinski definition) is 2. The van der Waals surface area contributed by atoms with E-state index in [1.54, 1.807) is 25.1 Å². The van der Waals surface area contributed by atoms with E-state index in [2.05, 4.69) is 15.9 Å². The van der Waals surface area contributed by atoms with E-state index in [1.807, 2.05) is 0 Å². The minimum Gasteiger partial charge on any atom is -0.385 e. The van der Waals surface area contributed by atoms with Crippen LogP contribution >= 0.6 is 15.9 Å². The molecule has 0 atom stereocenters. The first kappa shape index (κ1) is 14.1. The Balaban J connectivity index is 2.65. The molecule has 0 aliphatic rings. The van der Waals surface area contributed by atoms with Crippen molar-refractivity contribution in [2.75, 3.05) is 27.3 Å². The minimum atomic E-state index is -0.429. The van der Waals surface area contributed by atoms with Gasteiger partial charge in [-0.2, -0.15) is 0 Å². The molecule has 0 heterocycles. The van der Waals surface area contributed by atoms with Gasteiger partial charge in [-0.15, -0.1) is 0 Å². The van der Waals surface area contributed by atoms with Crippen LogP contribution in [0.4, 0.5) is 4.39 Å². The molecule has 17 heavy (non-hydrogen) atoms. The molecule has 0 spiro atoms. The Kier molecular flexibility index (Phi) is 5.58. The summed E-state index contributed by atoms with van der Waals surface area (Å²) >= 11 is 3.05. The topological polar surface area (TPSA) is 29.5 Å². The van der Waals surface area contributed by atoms with Crippen LogP contribution in [-0.4, -0.2) is 38.1 Å². The fourth-order valence-electron chi connectivity index (χ4n) is 1.40. The lowest BCUT2D eigenvalue weighted by atomic mass is 10.2. The second-order valence-corrected chi connectivity index (χ2v) is 4.56. The van der Waals surface area contributed by atoms with Gasteiger partial charge < -0.3 is 9.64 Å². The number of carbonyl (C=O) groups excluding carboxylic acids is 1. The van der Waals surface area contributed by atoms with Gasteiger partial charge in [0.2, 0.25) is 0 Å². The van der Waals surface area contributed by atoms with Gasteiger partial charge in [0.25, 0.3) is 5.91 Å². The predicted octanol–water partition coefficient (Wildman–Crippen LogP) is 2.70. The number of benzene rings is 1. The molecular formula is C12H15BrFNO2. The summed E-state index contributed by atoms with van der Waals surface area (Å²) in [6, 6.07) is 4.37. The van der Waals surface area contributed by atoms with Crippen molar-refractivity contribution in [1.82, 2.24) is 4.90 Å². The number of nitrogens with zero attached hydrogens (tertiary/aromatic N) is 1. The van der Waals surface area contributed by atoms with Gasteiger partial charge in [-0.3, -0.25) is 4.79 Å². The van der Waals surface area contributed by atoms with Crippen LogP contribution in [0.5, 0.6) is 0 Å². The Hall–Kier alpha value is -0.940. The van der Waals surface area contributed by atoms with Crippen molar-refractivity contribution in [2.45, 2.75) is 6.42 Å². The maximum absolute atomic E-state index is 13.3. The van der Waals surface area contributed by atoms with E-state index in [9.17, 15) is 9.18 Å². The summed E-state index contributed by atoms with van der Waals surface area (Å²) in [7, 11) is 3.31. The number of methoxy groups -OCH3 is 1. The molecule has 0 saturated carbocycles. The van der Waals surface area contributed by atoms with Crippen LogP contribution in [0.25, 0.3) is 0 Å². The largest absolute Gasteiger partial charge is 0.385 e. The van der Waals surface area contributed by atoms with Crippen molar-refractivity contribution in [3.8, 4) is 0 Å². The van der Waals surface area contributed by atoms with Gasteiger partial charge in [0.1, 0.15) is 5.82 Å². The lowest BCUT2D eigenvalue weighted by Crippen LogP contribution is -2.28. The van der Waals surface area contributed by atoms with Crippen LogP contribution < -0.4 is 0 Å². The quantitative estimate of drug-likeness (QED) is 0.783. The zero-order chi connectivity index (χ0) is 12.8. The number of carbonyl (C=O) groups is 1. The second kappa shape index (κ2) is 6.71. The van der Waals surface area contributed by atoms with E-state index in [0.717, 1.165) is 6.42 Å². The van der Waals surface area contributed by atoms with Gasteiger partial charge in [-0.05, 0) is 40.5 Å². The Morgan fingerprint density at radius 2 is 2.24 bits per heavy atom. The molecule has 0 bridgehead atoms. The molecule has 0 N–H and O–H groups in total. The van der Waals surface area contributed by atoms with Gasteiger partial charge in [-0.1, -0.05) is 0 Å². The van der Waals surface area contributed by atoms with Gasteiger partial charge >= 0.3 is 0 Å². The molecule has 0 fully saturated rings. The van der Waals surface area contributed by atoms with Crippen molar-refractivity contribution in [2.24, 2.45) is 0 Å². The normalized spacial score (nSPS) is 10.4. The minimum absolute atomic E-state index is 0.187. The highest BCUT2D eigenvalue weighted by Gasteiger charge is 2.12. The predicted molar refractivity (Wildman–Crippen MR) is 67.6 cm³/mol. The summed E-state index contributed by atoms with van der Waals surface area (Å²) in [5.74, 6) is -0.617. The van der Waals surface area contributed by atoms with E-state index in [-0.39, 0.29) is 5.91 Å².